The lowest BCUT2D eigenvalue weighted by Gasteiger charge is -2.10. The maximum atomic E-state index is 13.0. The van der Waals surface area contributed by atoms with Gasteiger partial charge in [-0.05, 0) is 18.2 Å². The molecule has 72 valence electrons. The SMILES string of the molecule is COCC(O)c1cc(F)ccc1F. The molecule has 0 aliphatic rings. The van der Waals surface area contributed by atoms with Crippen molar-refractivity contribution in [1.29, 1.82) is 0 Å². The lowest BCUT2D eigenvalue weighted by molar-refractivity contribution is 0.0619. The van der Waals surface area contributed by atoms with E-state index < -0.39 is 17.7 Å². The van der Waals surface area contributed by atoms with E-state index in [-0.39, 0.29) is 12.2 Å². The van der Waals surface area contributed by atoms with Crippen molar-refractivity contribution in [2.75, 3.05) is 13.7 Å². The van der Waals surface area contributed by atoms with Crippen molar-refractivity contribution >= 4 is 0 Å². The highest BCUT2D eigenvalue weighted by Gasteiger charge is 2.12. The van der Waals surface area contributed by atoms with Crippen molar-refractivity contribution in [3.8, 4) is 0 Å². The molecule has 0 aliphatic carbocycles. The van der Waals surface area contributed by atoms with E-state index in [0.717, 1.165) is 18.2 Å². The molecule has 2 nitrogen and oxygen atoms in total. The minimum Gasteiger partial charge on any atom is -0.386 e. The molecule has 0 amide bonds. The van der Waals surface area contributed by atoms with Gasteiger partial charge in [0, 0.05) is 12.7 Å². The number of methoxy groups -OCH3 is 1. The van der Waals surface area contributed by atoms with Gasteiger partial charge in [0.05, 0.1) is 6.61 Å². The molecule has 0 saturated heterocycles. The van der Waals surface area contributed by atoms with E-state index in [1.807, 2.05) is 0 Å². The van der Waals surface area contributed by atoms with Crippen molar-refractivity contribution in [3.63, 3.8) is 0 Å². The predicted molar refractivity (Wildman–Crippen MR) is 43.2 cm³/mol. The fraction of sp³-hybridized carbons (Fsp3) is 0.333. The second-order valence-electron chi connectivity index (χ2n) is 2.64. The summed E-state index contributed by atoms with van der Waals surface area (Å²) in [7, 11) is 1.38. The standard InChI is InChI=1S/C9H10F2O2/c1-13-5-9(12)7-4-6(10)2-3-8(7)11/h2-4,9,12H,5H2,1H3. The van der Waals surface area contributed by atoms with E-state index in [0.29, 0.717) is 0 Å². The molecule has 0 aromatic heterocycles. The van der Waals surface area contributed by atoms with E-state index in [9.17, 15) is 13.9 Å². The molecule has 0 spiro atoms. The van der Waals surface area contributed by atoms with Crippen LogP contribution in [0.2, 0.25) is 0 Å². The summed E-state index contributed by atoms with van der Waals surface area (Å²) >= 11 is 0. The van der Waals surface area contributed by atoms with Gasteiger partial charge in [-0.25, -0.2) is 8.78 Å². The minimum absolute atomic E-state index is 0.0552. The number of hydrogen-bond acceptors (Lipinski definition) is 2. The molecule has 4 heteroatoms. The summed E-state index contributed by atoms with van der Waals surface area (Å²) in [6, 6.07) is 2.93. The molecule has 0 aliphatic heterocycles. The minimum atomic E-state index is -1.12. The van der Waals surface area contributed by atoms with Crippen LogP contribution in [0, 0.1) is 11.6 Å². The van der Waals surface area contributed by atoms with Crippen LogP contribution in [0.3, 0.4) is 0 Å². The van der Waals surface area contributed by atoms with Crippen LogP contribution in [-0.4, -0.2) is 18.8 Å². The Bertz CT molecular complexity index is 289. The van der Waals surface area contributed by atoms with Crippen molar-refractivity contribution < 1.29 is 18.6 Å². The first kappa shape index (κ1) is 10.1. The van der Waals surface area contributed by atoms with Crippen molar-refractivity contribution in [2.45, 2.75) is 6.10 Å². The second-order valence-corrected chi connectivity index (χ2v) is 2.64. The number of hydrogen-bond donors (Lipinski definition) is 1. The van der Waals surface area contributed by atoms with E-state index in [1.165, 1.54) is 7.11 Å². The topological polar surface area (TPSA) is 29.5 Å². The summed E-state index contributed by atoms with van der Waals surface area (Å²) in [5, 5.41) is 9.29. The number of benzene rings is 1. The smallest absolute Gasteiger partial charge is 0.129 e. The van der Waals surface area contributed by atoms with Gasteiger partial charge in [0.15, 0.2) is 0 Å². The van der Waals surface area contributed by atoms with Gasteiger partial charge in [-0.15, -0.1) is 0 Å². The van der Waals surface area contributed by atoms with E-state index in [1.54, 1.807) is 0 Å². The lowest BCUT2D eigenvalue weighted by Crippen LogP contribution is -2.07. The average molecular weight is 188 g/mol. The van der Waals surface area contributed by atoms with Crippen LogP contribution in [0.1, 0.15) is 11.7 Å². The number of halogens is 2. The lowest BCUT2D eigenvalue weighted by atomic mass is 10.1. The van der Waals surface area contributed by atoms with Crippen molar-refractivity contribution in [1.82, 2.24) is 0 Å². The maximum Gasteiger partial charge on any atom is 0.129 e. The Hall–Kier alpha value is -1.00. The van der Waals surface area contributed by atoms with Gasteiger partial charge in [0.25, 0.3) is 0 Å². The highest BCUT2D eigenvalue weighted by Crippen LogP contribution is 2.18. The van der Waals surface area contributed by atoms with Gasteiger partial charge in [-0.1, -0.05) is 0 Å². The molecule has 1 rings (SSSR count). The Labute approximate surface area is 74.8 Å². The number of rotatable bonds is 3. The van der Waals surface area contributed by atoms with Crippen LogP contribution in [0.4, 0.5) is 8.78 Å². The third kappa shape index (κ3) is 2.47. The first-order valence-corrected chi connectivity index (χ1v) is 3.77. The Morgan fingerprint density at radius 2 is 2.15 bits per heavy atom. The van der Waals surface area contributed by atoms with Crippen LogP contribution in [0.15, 0.2) is 18.2 Å². The Morgan fingerprint density at radius 3 is 2.77 bits per heavy atom. The van der Waals surface area contributed by atoms with Crippen LogP contribution in [-0.2, 0) is 4.74 Å². The molecule has 1 N–H and O–H groups in total. The fourth-order valence-corrected chi connectivity index (χ4v) is 1.02. The quantitative estimate of drug-likeness (QED) is 0.781. The molecule has 1 atom stereocenters. The maximum absolute atomic E-state index is 13.0. The number of aliphatic hydroxyl groups is 1. The number of ether oxygens (including phenoxy) is 1. The van der Waals surface area contributed by atoms with Gasteiger partial charge >= 0.3 is 0 Å². The second kappa shape index (κ2) is 4.30. The summed E-state index contributed by atoms with van der Waals surface area (Å²) in [5.74, 6) is -1.21. The molecule has 13 heavy (non-hydrogen) atoms. The summed E-state index contributed by atoms with van der Waals surface area (Å²) < 4.78 is 30.2. The third-order valence-corrected chi connectivity index (χ3v) is 1.64. The van der Waals surface area contributed by atoms with Gasteiger partial charge in [0.1, 0.15) is 17.7 Å². The largest absolute Gasteiger partial charge is 0.386 e. The summed E-state index contributed by atoms with van der Waals surface area (Å²) in [6.45, 7) is -0.0552. The van der Waals surface area contributed by atoms with Crippen molar-refractivity contribution in [2.24, 2.45) is 0 Å². The zero-order valence-electron chi connectivity index (χ0n) is 7.13. The Balaban J connectivity index is 2.91. The van der Waals surface area contributed by atoms with Crippen LogP contribution >= 0.6 is 0 Å². The van der Waals surface area contributed by atoms with Gasteiger partial charge in [-0.2, -0.15) is 0 Å². The molecule has 0 bridgehead atoms. The normalized spacial score (nSPS) is 12.9. The Morgan fingerprint density at radius 1 is 1.46 bits per heavy atom. The van der Waals surface area contributed by atoms with Crippen molar-refractivity contribution in [3.05, 3.63) is 35.4 Å². The summed E-state index contributed by atoms with van der Waals surface area (Å²) in [6.07, 6.45) is -1.12. The van der Waals surface area contributed by atoms with E-state index >= 15 is 0 Å². The predicted octanol–water partition coefficient (Wildman–Crippen LogP) is 1.64. The van der Waals surface area contributed by atoms with Gasteiger partial charge < -0.3 is 9.84 Å². The molecule has 1 aromatic carbocycles. The molecule has 1 aromatic rings. The highest BCUT2D eigenvalue weighted by atomic mass is 19.1. The number of aliphatic hydroxyl groups excluding tert-OH is 1. The van der Waals surface area contributed by atoms with Gasteiger partial charge in [-0.3, -0.25) is 0 Å². The average Bonchev–Trinajstić information content (AvgIpc) is 2.09. The van der Waals surface area contributed by atoms with Crippen LogP contribution in [0.5, 0.6) is 0 Å². The first-order valence-electron chi connectivity index (χ1n) is 3.77. The zero-order valence-corrected chi connectivity index (χ0v) is 7.13. The Kier molecular flexibility index (Phi) is 3.33. The van der Waals surface area contributed by atoms with Crippen LogP contribution in [0.25, 0.3) is 0 Å². The monoisotopic (exact) mass is 188 g/mol. The third-order valence-electron chi connectivity index (χ3n) is 1.64. The van der Waals surface area contributed by atoms with E-state index in [2.05, 4.69) is 4.74 Å². The van der Waals surface area contributed by atoms with Gasteiger partial charge in [0.2, 0.25) is 0 Å². The molecule has 0 heterocycles. The van der Waals surface area contributed by atoms with Crippen LogP contribution < -0.4 is 0 Å². The molecule has 0 radical (unpaired) electrons. The molecule has 0 saturated carbocycles. The fourth-order valence-electron chi connectivity index (χ4n) is 1.02. The zero-order chi connectivity index (χ0) is 9.84. The molecule has 0 fully saturated rings. The van der Waals surface area contributed by atoms with E-state index in [4.69, 9.17) is 0 Å². The molecular formula is C9H10F2O2. The first-order chi connectivity index (χ1) is 6.15. The molecule has 1 unspecified atom stereocenters. The molecular weight excluding hydrogens is 178 g/mol. The highest BCUT2D eigenvalue weighted by molar-refractivity contribution is 5.21. The summed E-state index contributed by atoms with van der Waals surface area (Å²) in [5.41, 5.74) is -0.0816. The summed E-state index contributed by atoms with van der Waals surface area (Å²) in [4.78, 5) is 0.